The first-order valence-corrected chi connectivity index (χ1v) is 0. The van der Waals surface area contributed by atoms with Crippen LogP contribution in [0.25, 0.3) is 0 Å². The number of rotatable bonds is 0. The Morgan fingerprint density at radius 1 is 1.00 bits per heavy atom. The summed E-state index contributed by atoms with van der Waals surface area (Å²) in [4.78, 5) is 0. The normalized spacial score (nSPS) is 0. The Morgan fingerprint density at radius 3 is 1.00 bits per heavy atom. The molecule has 0 aromatic carbocycles. The zero-order valence-corrected chi connectivity index (χ0v) is 2.55. The molecule has 0 aromatic rings. The molecule has 0 bridgehead atoms. The maximum Gasteiger partial charge on any atom is 0.187 e. The van der Waals surface area contributed by atoms with Crippen molar-refractivity contribution in [2.24, 2.45) is 0 Å². The topological polar surface area (TPSA) is 35.0 Å². The van der Waals surface area contributed by atoms with Crippen molar-refractivity contribution in [3.05, 3.63) is 0 Å². The first kappa shape index (κ1) is 72.8. The smallest absolute Gasteiger partial charge is 0.187 e. The van der Waals surface area contributed by atoms with Crippen LogP contribution >= 0.6 is 0 Å². The predicted molar refractivity (Wildman–Crippen MR) is 21.7 cm³/mol. The van der Waals surface area contributed by atoms with Crippen LogP contribution in [0, 0.1) is 0 Å². The van der Waals surface area contributed by atoms with Crippen LogP contribution in [-0.2, 0) is 18.6 Å². The van der Waals surface area contributed by atoms with Crippen molar-refractivity contribution < 1.29 is 18.6 Å². The van der Waals surface area contributed by atoms with E-state index in [2.05, 4.69) is 0 Å². The maximum atomic E-state index is 0. The largest absolute Gasteiger partial charge is 0.344 e. The molecule has 0 heterocycles. The molecule has 0 atom stereocenters. The third-order valence-electron chi connectivity index (χ3n) is 0. The third kappa shape index (κ3) is 11.4. The molecule has 0 fully saturated rings. The van der Waals surface area contributed by atoms with E-state index in [0.29, 0.717) is 0 Å². The Kier molecular flexibility index (Phi) is 605. The summed E-state index contributed by atoms with van der Waals surface area (Å²) in [5.74, 6) is 0. The minimum atomic E-state index is 0. The fourth-order valence-corrected chi connectivity index (χ4v) is 0. The van der Waals surface area contributed by atoms with Gasteiger partial charge in [0.05, 0.1) is 0 Å². The summed E-state index contributed by atoms with van der Waals surface area (Å²) in [5, 5.41) is 0. The van der Waals surface area contributed by atoms with Gasteiger partial charge in [0.15, 0.2) is 17.4 Å². The van der Waals surface area contributed by atoms with E-state index in [-0.39, 0.29) is 49.5 Å². The van der Waals surface area contributed by atoms with Crippen LogP contribution in [0.4, 0.5) is 0 Å². The summed E-state index contributed by atoms with van der Waals surface area (Å²) in [6.07, 6.45) is 0. The second kappa shape index (κ2) is 33.3. The second-order valence-corrected chi connectivity index (χ2v) is 0. The summed E-state index contributed by atoms with van der Waals surface area (Å²) in [7, 11) is 0. The van der Waals surface area contributed by atoms with E-state index in [4.69, 9.17) is 0 Å². The summed E-state index contributed by atoms with van der Waals surface area (Å²) >= 11 is 0. The molecule has 0 aliphatic heterocycles. The monoisotopic (exact) mass is 114 g/mol. The zero-order valence-electron chi connectivity index (χ0n) is 1.15. The molecule has 1 nitrogen and oxygen atoms in total. The van der Waals surface area contributed by atoms with E-state index in [1.807, 2.05) is 0 Å². The van der Waals surface area contributed by atoms with Crippen molar-refractivity contribution in [1.82, 2.24) is 6.15 Å². The molecule has 0 aromatic heterocycles. The van der Waals surface area contributed by atoms with Crippen LogP contribution in [-0.4, -0.2) is 17.4 Å². The molecule has 3 heteroatoms. The van der Waals surface area contributed by atoms with Crippen LogP contribution in [0.2, 0.25) is 0 Å². The van der Waals surface area contributed by atoms with Gasteiger partial charge in [0.2, 0.25) is 0 Å². The molecular weight excluding hydrogens is 104 g/mol. The molecule has 0 aliphatic carbocycles. The van der Waals surface area contributed by atoms with Crippen LogP contribution in [0.5, 0.6) is 0 Å². The minimum Gasteiger partial charge on any atom is -0.344 e. The molecule has 0 unspecified atom stereocenters. The van der Waals surface area contributed by atoms with E-state index < -0.39 is 0 Å². The van der Waals surface area contributed by atoms with Gasteiger partial charge in [-0.15, -0.1) is 0 Å². The Balaban J connectivity index is 0. The van der Waals surface area contributed by atoms with Crippen molar-refractivity contribution in [3.63, 3.8) is 0 Å². The van der Waals surface area contributed by atoms with Gasteiger partial charge in [-0.25, -0.2) is 0 Å². The first-order valence-electron chi connectivity index (χ1n) is 0. The van der Waals surface area contributed by atoms with E-state index >= 15 is 0 Å². The van der Waals surface area contributed by atoms with Crippen LogP contribution < -0.4 is 6.15 Å². The summed E-state index contributed by atoms with van der Waals surface area (Å²) in [5.41, 5.74) is 0. The molecule has 4 heavy (non-hydrogen) atoms. The van der Waals surface area contributed by atoms with Crippen LogP contribution in [0.1, 0.15) is 7.43 Å². The summed E-state index contributed by atoms with van der Waals surface area (Å²) in [6, 6.07) is 0. The number of hydrogen-bond acceptors (Lipinski definition) is 1. The molecule has 0 saturated carbocycles. The first-order chi connectivity index (χ1) is 0. The molecule has 0 amide bonds. The fourth-order valence-electron chi connectivity index (χ4n) is 0. The van der Waals surface area contributed by atoms with Gasteiger partial charge in [0.25, 0.3) is 0 Å². The van der Waals surface area contributed by atoms with Crippen molar-refractivity contribution in [2.45, 2.75) is 7.43 Å². The molecule has 0 spiro atoms. The average molecular weight is 114 g/mol. The molecule has 0 rings (SSSR count). The van der Waals surface area contributed by atoms with E-state index in [1.54, 1.807) is 0 Å². The van der Waals surface area contributed by atoms with Gasteiger partial charge < -0.3 is 6.15 Å². The van der Waals surface area contributed by atoms with Gasteiger partial charge in [-0.05, 0) is 0 Å². The van der Waals surface area contributed by atoms with Crippen molar-refractivity contribution in [2.75, 3.05) is 0 Å². The molecule has 3 N–H and O–H groups in total. The average Bonchev–Trinajstić information content (AvgIpc) is 0. The van der Waals surface area contributed by atoms with Gasteiger partial charge in [-0.1, -0.05) is 7.43 Å². The van der Waals surface area contributed by atoms with Gasteiger partial charge in [0.1, 0.15) is 0 Å². The van der Waals surface area contributed by atoms with E-state index in [0.717, 1.165) is 0 Å². The SMILES string of the molecule is C.N.[AlH3].[V]. The van der Waals surface area contributed by atoms with E-state index in [1.165, 1.54) is 0 Å². The number of hydrogen-bond donors (Lipinski definition) is 1. The summed E-state index contributed by atoms with van der Waals surface area (Å²) < 4.78 is 0. The van der Waals surface area contributed by atoms with E-state index in [9.17, 15) is 0 Å². The predicted octanol–water partition coefficient (Wildman–Crippen LogP) is -0.388. The third-order valence-corrected chi connectivity index (χ3v) is 0. The van der Waals surface area contributed by atoms with Crippen molar-refractivity contribution >= 4 is 17.4 Å². The van der Waals surface area contributed by atoms with Crippen molar-refractivity contribution in [1.29, 1.82) is 0 Å². The Morgan fingerprint density at radius 2 is 1.00 bits per heavy atom. The molecule has 0 saturated heterocycles. The van der Waals surface area contributed by atoms with Gasteiger partial charge in [-0.2, -0.15) is 0 Å². The minimum absolute atomic E-state index is 0. The fraction of sp³-hybridized carbons (Fsp3) is 1.00. The maximum absolute atomic E-state index is 0. The van der Waals surface area contributed by atoms with Gasteiger partial charge >= 0.3 is 0 Å². The van der Waals surface area contributed by atoms with Crippen molar-refractivity contribution in [3.8, 4) is 0 Å². The second-order valence-electron chi connectivity index (χ2n) is 0. The van der Waals surface area contributed by atoms with Crippen LogP contribution in [0.3, 0.4) is 0 Å². The Hall–Kier alpha value is 1.08. The molecule has 1 radical (unpaired) electrons. The van der Waals surface area contributed by atoms with Gasteiger partial charge in [-0.3, -0.25) is 0 Å². The molecule has 0 aliphatic rings. The Bertz CT molecular complexity index is 8.00. The van der Waals surface area contributed by atoms with Crippen LogP contribution in [0.15, 0.2) is 0 Å². The standard InChI is InChI=1S/CH4.Al.H3N.V.3H/h1H4;;1H3;;;;. The zero-order chi connectivity index (χ0) is 0. The quantitative estimate of drug-likeness (QED) is 0.427. The van der Waals surface area contributed by atoms with Gasteiger partial charge in [0, 0.05) is 18.6 Å². The molecule has 27 valence electrons. The summed E-state index contributed by atoms with van der Waals surface area (Å²) in [6.45, 7) is 0. The molecular formula is CH10AlNV. The Labute approximate surface area is 49.8 Å².